The molecule has 3 amide bonds. The zero-order valence-electron chi connectivity index (χ0n) is 20.0. The Hall–Kier alpha value is -2.57. The Morgan fingerprint density at radius 3 is 2.56 bits per heavy atom. The van der Waals surface area contributed by atoms with Crippen LogP contribution in [0.1, 0.15) is 44.3 Å². The Morgan fingerprint density at radius 1 is 1.22 bits per heavy atom. The number of amides is 3. The van der Waals surface area contributed by atoms with Gasteiger partial charge in [-0.2, -0.15) is 0 Å². The number of hydrogen-bond acceptors (Lipinski definition) is 7. The van der Waals surface area contributed by atoms with Crippen LogP contribution in [0, 0.1) is 0 Å². The van der Waals surface area contributed by atoms with Crippen LogP contribution in [-0.2, 0) is 19.2 Å². The molecule has 1 unspecified atom stereocenters. The van der Waals surface area contributed by atoms with E-state index in [-0.39, 0.29) is 17.2 Å². The number of nitrogens with two attached hydrogens (primary N) is 1. The molecule has 1 fully saturated rings. The summed E-state index contributed by atoms with van der Waals surface area (Å²) in [5.41, 5.74) is 6.25. The third kappa shape index (κ3) is 6.80. The Balaban J connectivity index is 1.55. The predicted molar refractivity (Wildman–Crippen MR) is 137 cm³/mol. The number of rotatable bonds is 13. The van der Waals surface area contributed by atoms with E-state index in [2.05, 4.69) is 10.6 Å². The van der Waals surface area contributed by atoms with Gasteiger partial charge in [-0.25, -0.2) is 9.18 Å². The van der Waals surface area contributed by atoms with Gasteiger partial charge in [-0.05, 0) is 42.7 Å². The predicted octanol–water partition coefficient (Wildman–Crippen LogP) is 2.18. The normalized spacial score (nSPS) is 19.9. The van der Waals surface area contributed by atoms with Crippen LogP contribution in [-0.4, -0.2) is 69.7 Å². The van der Waals surface area contributed by atoms with Gasteiger partial charge in [-0.15, -0.1) is 23.5 Å². The molecule has 0 aromatic heterocycles. The van der Waals surface area contributed by atoms with Crippen LogP contribution in [0.3, 0.4) is 0 Å². The molecule has 2 aliphatic rings. The molecule has 0 bridgehead atoms. The summed E-state index contributed by atoms with van der Waals surface area (Å²) >= 11 is 2.77. The first-order valence-corrected chi connectivity index (χ1v) is 13.8. The van der Waals surface area contributed by atoms with Crippen molar-refractivity contribution in [2.75, 3.05) is 24.6 Å². The van der Waals surface area contributed by atoms with Gasteiger partial charge in [0.25, 0.3) is 11.8 Å². The first kappa shape index (κ1) is 28.0. The number of β-lactam (4-membered cyclic amide) rings is 1. The lowest BCUT2D eigenvalue weighted by molar-refractivity contribution is -0.150. The second kappa shape index (κ2) is 13.1. The number of hydrogen-bond donors (Lipinski definition) is 4. The molecule has 5 N–H and O–H groups in total. The van der Waals surface area contributed by atoms with Gasteiger partial charge in [0.2, 0.25) is 12.1 Å². The van der Waals surface area contributed by atoms with Gasteiger partial charge in [0.05, 0.1) is 0 Å². The van der Waals surface area contributed by atoms with Crippen LogP contribution in [0.2, 0.25) is 0 Å². The van der Waals surface area contributed by atoms with Crippen molar-refractivity contribution in [3.8, 4) is 0 Å². The van der Waals surface area contributed by atoms with Gasteiger partial charge >= 0.3 is 5.97 Å². The van der Waals surface area contributed by atoms with Gasteiger partial charge in [0.1, 0.15) is 17.1 Å². The lowest BCUT2D eigenvalue weighted by atomic mass is 10.0. The average molecular weight is 539 g/mol. The molecule has 36 heavy (non-hydrogen) atoms. The molecule has 1 aromatic carbocycles. The molecule has 196 valence electrons. The molecule has 3 rings (SSSR count). The highest BCUT2D eigenvalue weighted by atomic mass is 32.2. The summed E-state index contributed by atoms with van der Waals surface area (Å²) in [6.07, 6.45) is 1.86. The quantitative estimate of drug-likeness (QED) is 0.170. The fraction of sp³-hybridized carbons (Fsp3) is 0.500. The van der Waals surface area contributed by atoms with E-state index in [0.717, 1.165) is 30.6 Å². The van der Waals surface area contributed by atoms with E-state index in [9.17, 15) is 28.7 Å². The van der Waals surface area contributed by atoms with E-state index < -0.39 is 35.4 Å². The zero-order chi connectivity index (χ0) is 26.2. The molecule has 0 saturated carbocycles. The van der Waals surface area contributed by atoms with Crippen LogP contribution in [0.15, 0.2) is 40.4 Å². The SMILES string of the molecule is CC(=O)N[C@@H]1C(=O)N2C(C(=O)O)=C(CSc3ccc(C(F)C(=O)NCCCCCCN)cc3)CS[C@H]12. The molecule has 12 heteroatoms. The Morgan fingerprint density at radius 2 is 1.92 bits per heavy atom. The molecule has 1 saturated heterocycles. The molecule has 1 aromatic rings. The van der Waals surface area contributed by atoms with E-state index in [0.29, 0.717) is 30.2 Å². The summed E-state index contributed by atoms with van der Waals surface area (Å²) in [5.74, 6) is -1.89. The lowest BCUT2D eigenvalue weighted by Crippen LogP contribution is -2.70. The summed E-state index contributed by atoms with van der Waals surface area (Å²) in [5, 5.41) is 14.5. The van der Waals surface area contributed by atoms with Crippen molar-refractivity contribution in [2.24, 2.45) is 5.73 Å². The third-order valence-corrected chi connectivity index (χ3v) is 8.29. The van der Waals surface area contributed by atoms with Gasteiger partial charge in [-0.3, -0.25) is 19.3 Å². The van der Waals surface area contributed by atoms with E-state index >= 15 is 0 Å². The van der Waals surface area contributed by atoms with Crippen molar-refractivity contribution in [3.63, 3.8) is 0 Å². The number of alkyl halides is 1. The zero-order valence-corrected chi connectivity index (χ0v) is 21.6. The fourth-order valence-corrected chi connectivity index (χ4v) is 6.38. The molecule has 0 aliphatic carbocycles. The van der Waals surface area contributed by atoms with Crippen LogP contribution in [0.4, 0.5) is 4.39 Å². The number of unbranched alkanes of at least 4 members (excludes halogenated alkanes) is 3. The number of nitrogens with zero attached hydrogens (tertiary/aromatic N) is 1. The minimum atomic E-state index is -1.77. The number of nitrogens with one attached hydrogen (secondary N) is 2. The van der Waals surface area contributed by atoms with E-state index in [1.165, 1.54) is 35.3 Å². The maximum Gasteiger partial charge on any atom is 0.352 e. The molecule has 0 spiro atoms. The maximum atomic E-state index is 14.6. The van der Waals surface area contributed by atoms with E-state index in [1.807, 2.05) is 0 Å². The first-order chi connectivity index (χ1) is 17.2. The van der Waals surface area contributed by atoms with Crippen LogP contribution in [0.25, 0.3) is 0 Å². The second-order valence-corrected chi connectivity index (χ2v) is 10.7. The minimum absolute atomic E-state index is 0.0435. The molecular weight excluding hydrogens is 507 g/mol. The Kier molecular flexibility index (Phi) is 10.2. The van der Waals surface area contributed by atoms with Crippen molar-refractivity contribution < 1.29 is 28.7 Å². The first-order valence-electron chi connectivity index (χ1n) is 11.8. The molecule has 2 aliphatic heterocycles. The lowest BCUT2D eigenvalue weighted by Gasteiger charge is -2.49. The topological polar surface area (TPSA) is 142 Å². The highest BCUT2D eigenvalue weighted by Gasteiger charge is 2.53. The van der Waals surface area contributed by atoms with Crippen molar-refractivity contribution in [1.82, 2.24) is 15.5 Å². The summed E-state index contributed by atoms with van der Waals surface area (Å²) in [7, 11) is 0. The van der Waals surface area contributed by atoms with Crippen molar-refractivity contribution >= 4 is 47.2 Å². The highest BCUT2D eigenvalue weighted by molar-refractivity contribution is 8.01. The molecular formula is C24H31FN4O5S2. The summed E-state index contributed by atoms with van der Waals surface area (Å²) in [4.78, 5) is 49.8. The molecule has 2 heterocycles. The summed E-state index contributed by atoms with van der Waals surface area (Å²) in [6.45, 7) is 2.38. The number of fused-ring (bicyclic) bond motifs is 1. The number of carbonyl (C=O) groups is 4. The highest BCUT2D eigenvalue weighted by Crippen LogP contribution is 2.41. The number of benzene rings is 1. The standard InChI is InChI=1S/C24H31FN4O5S2/c1-14(30)28-19-22(32)29-20(24(33)34)16(13-36-23(19)29)12-35-17-8-6-15(7-9-17)18(25)21(31)27-11-5-3-2-4-10-26/h6-9,18-19,23H,2-5,10-13,26H2,1H3,(H,27,31)(H,28,30)(H,33,34)/t18?,19-,23-/m1/s1. The van der Waals surface area contributed by atoms with Gasteiger partial charge < -0.3 is 21.5 Å². The smallest absolute Gasteiger partial charge is 0.352 e. The largest absolute Gasteiger partial charge is 0.477 e. The Labute approximate surface area is 217 Å². The van der Waals surface area contributed by atoms with Crippen molar-refractivity contribution in [1.29, 1.82) is 0 Å². The molecule has 3 atom stereocenters. The van der Waals surface area contributed by atoms with Crippen molar-refractivity contribution in [2.45, 2.75) is 55.1 Å². The monoisotopic (exact) mass is 538 g/mol. The number of carbonyl (C=O) groups excluding carboxylic acids is 3. The van der Waals surface area contributed by atoms with Gasteiger partial charge in [0.15, 0.2) is 0 Å². The minimum Gasteiger partial charge on any atom is -0.477 e. The fourth-order valence-electron chi connectivity index (χ4n) is 3.99. The van der Waals surface area contributed by atoms with Gasteiger partial charge in [-0.1, -0.05) is 25.0 Å². The van der Waals surface area contributed by atoms with Gasteiger partial charge in [0, 0.05) is 29.9 Å². The third-order valence-electron chi connectivity index (χ3n) is 5.85. The maximum absolute atomic E-state index is 14.6. The van der Waals surface area contributed by atoms with Crippen LogP contribution >= 0.6 is 23.5 Å². The van der Waals surface area contributed by atoms with E-state index in [4.69, 9.17) is 5.73 Å². The molecule has 0 radical (unpaired) electrons. The average Bonchev–Trinajstić information content (AvgIpc) is 2.86. The number of aliphatic carboxylic acids is 1. The number of halogens is 1. The summed E-state index contributed by atoms with van der Waals surface area (Å²) in [6, 6.07) is 5.75. The summed E-state index contributed by atoms with van der Waals surface area (Å²) < 4.78 is 14.6. The van der Waals surface area contributed by atoms with Crippen LogP contribution < -0.4 is 16.4 Å². The van der Waals surface area contributed by atoms with Crippen molar-refractivity contribution in [3.05, 3.63) is 41.1 Å². The number of carboxylic acids is 1. The van der Waals surface area contributed by atoms with Crippen LogP contribution in [0.5, 0.6) is 0 Å². The number of thioether (sulfide) groups is 2. The molecule has 9 nitrogen and oxygen atoms in total. The second-order valence-electron chi connectivity index (χ2n) is 8.56. The number of carboxylic acid groups (broad SMARTS) is 1. The Bertz CT molecular complexity index is 1020. The van der Waals surface area contributed by atoms with E-state index in [1.54, 1.807) is 24.3 Å².